The van der Waals surface area contributed by atoms with Gasteiger partial charge in [0.05, 0.1) is 10.6 Å². The Morgan fingerprint density at radius 3 is 2.70 bits per heavy atom. The molecule has 3 aromatic rings. The fraction of sp³-hybridized carbons (Fsp3) is 0.222. The third-order valence-corrected chi connectivity index (χ3v) is 3.79. The van der Waals surface area contributed by atoms with Crippen LogP contribution in [-0.2, 0) is 6.61 Å². The molecule has 1 heterocycles. The molecule has 0 aliphatic rings. The van der Waals surface area contributed by atoms with Gasteiger partial charge in [-0.1, -0.05) is 49.7 Å². The highest BCUT2D eigenvalue weighted by Crippen LogP contribution is 2.26. The fourth-order valence-corrected chi connectivity index (χ4v) is 2.38. The summed E-state index contributed by atoms with van der Waals surface area (Å²) in [5, 5.41) is 8.61. The zero-order chi connectivity index (χ0) is 16.2. The maximum Gasteiger partial charge on any atom is 0.254 e. The number of hydrogen-bond donors (Lipinski definition) is 0. The van der Waals surface area contributed by atoms with Crippen molar-refractivity contribution in [1.29, 1.82) is 0 Å². The van der Waals surface area contributed by atoms with E-state index in [9.17, 15) is 0 Å². The second-order valence-corrected chi connectivity index (χ2v) is 5.90. The lowest BCUT2D eigenvalue weighted by molar-refractivity contribution is 0.264. The highest BCUT2D eigenvalue weighted by atomic mass is 35.5. The van der Waals surface area contributed by atoms with Crippen LogP contribution in [0.2, 0.25) is 5.02 Å². The molecule has 0 fully saturated rings. The molecular formula is C18H17ClN2O2. The average molecular weight is 329 g/mol. The van der Waals surface area contributed by atoms with Gasteiger partial charge in [-0.05, 0) is 35.7 Å². The summed E-state index contributed by atoms with van der Waals surface area (Å²) in [6.07, 6.45) is 0. The van der Waals surface area contributed by atoms with Gasteiger partial charge in [-0.2, -0.15) is 0 Å². The summed E-state index contributed by atoms with van der Waals surface area (Å²) < 4.78 is 11.4. The van der Waals surface area contributed by atoms with Crippen LogP contribution in [0.1, 0.15) is 31.2 Å². The molecular weight excluding hydrogens is 312 g/mol. The van der Waals surface area contributed by atoms with Crippen LogP contribution in [0, 0.1) is 0 Å². The maximum absolute atomic E-state index is 6.13. The van der Waals surface area contributed by atoms with E-state index in [1.807, 2.05) is 36.4 Å². The SMILES string of the molecule is CC(C)c1cccc(OCc2nnc(-c3ccccc3Cl)o2)c1. The molecule has 0 atom stereocenters. The third kappa shape index (κ3) is 3.71. The van der Waals surface area contributed by atoms with Crippen LogP contribution in [0.25, 0.3) is 11.5 Å². The molecule has 4 nitrogen and oxygen atoms in total. The second-order valence-electron chi connectivity index (χ2n) is 5.50. The van der Waals surface area contributed by atoms with Gasteiger partial charge in [0, 0.05) is 0 Å². The van der Waals surface area contributed by atoms with Gasteiger partial charge in [-0.25, -0.2) is 0 Å². The molecule has 0 saturated heterocycles. The van der Waals surface area contributed by atoms with Crippen molar-refractivity contribution in [2.75, 3.05) is 0 Å². The van der Waals surface area contributed by atoms with Crippen molar-refractivity contribution < 1.29 is 9.15 Å². The Morgan fingerprint density at radius 1 is 1.09 bits per heavy atom. The Kier molecular flexibility index (Phi) is 4.63. The van der Waals surface area contributed by atoms with E-state index in [-0.39, 0.29) is 6.61 Å². The zero-order valence-electron chi connectivity index (χ0n) is 13.0. The molecule has 118 valence electrons. The molecule has 0 aliphatic heterocycles. The molecule has 0 aliphatic carbocycles. The lowest BCUT2D eigenvalue weighted by Gasteiger charge is -2.08. The van der Waals surface area contributed by atoms with Crippen LogP contribution < -0.4 is 4.74 Å². The summed E-state index contributed by atoms with van der Waals surface area (Å²) in [4.78, 5) is 0. The number of nitrogens with zero attached hydrogens (tertiary/aromatic N) is 2. The minimum Gasteiger partial charge on any atom is -0.484 e. The van der Waals surface area contributed by atoms with Crippen molar-refractivity contribution in [3.8, 4) is 17.2 Å². The number of ether oxygens (including phenoxy) is 1. The number of aromatic nitrogens is 2. The number of halogens is 1. The van der Waals surface area contributed by atoms with E-state index in [4.69, 9.17) is 20.8 Å². The van der Waals surface area contributed by atoms with Crippen molar-refractivity contribution >= 4 is 11.6 Å². The van der Waals surface area contributed by atoms with E-state index >= 15 is 0 Å². The van der Waals surface area contributed by atoms with Gasteiger partial charge in [-0.15, -0.1) is 10.2 Å². The third-order valence-electron chi connectivity index (χ3n) is 3.46. The normalized spacial score (nSPS) is 11.0. The highest BCUT2D eigenvalue weighted by Gasteiger charge is 2.12. The van der Waals surface area contributed by atoms with Gasteiger partial charge >= 0.3 is 0 Å². The molecule has 0 spiro atoms. The minimum atomic E-state index is 0.221. The first kappa shape index (κ1) is 15.6. The van der Waals surface area contributed by atoms with Gasteiger partial charge in [0.25, 0.3) is 5.89 Å². The standard InChI is InChI=1S/C18H17ClN2O2/c1-12(2)13-6-5-7-14(10-13)22-11-17-20-21-18(23-17)15-8-3-4-9-16(15)19/h3-10,12H,11H2,1-2H3. The molecule has 5 heteroatoms. The maximum atomic E-state index is 6.13. The number of benzene rings is 2. The number of rotatable bonds is 5. The summed E-state index contributed by atoms with van der Waals surface area (Å²) in [5.74, 6) is 2.04. The second kappa shape index (κ2) is 6.84. The molecule has 0 unspecified atom stereocenters. The van der Waals surface area contributed by atoms with Crippen LogP contribution in [0.4, 0.5) is 0 Å². The molecule has 0 amide bonds. The first-order valence-electron chi connectivity index (χ1n) is 7.43. The molecule has 0 bridgehead atoms. The van der Waals surface area contributed by atoms with Crippen LogP contribution in [0.5, 0.6) is 5.75 Å². The van der Waals surface area contributed by atoms with E-state index in [1.165, 1.54) is 5.56 Å². The lowest BCUT2D eigenvalue weighted by atomic mass is 10.0. The van der Waals surface area contributed by atoms with E-state index in [0.717, 1.165) is 11.3 Å². The zero-order valence-corrected chi connectivity index (χ0v) is 13.7. The lowest BCUT2D eigenvalue weighted by Crippen LogP contribution is -1.97. The van der Waals surface area contributed by atoms with Crippen molar-refractivity contribution in [1.82, 2.24) is 10.2 Å². The van der Waals surface area contributed by atoms with Gasteiger partial charge in [0.15, 0.2) is 6.61 Å². The first-order chi connectivity index (χ1) is 11.1. The molecule has 1 aromatic heterocycles. The smallest absolute Gasteiger partial charge is 0.254 e. The topological polar surface area (TPSA) is 48.2 Å². The van der Waals surface area contributed by atoms with Crippen LogP contribution in [0.15, 0.2) is 52.9 Å². The predicted octanol–water partition coefficient (Wildman–Crippen LogP) is 5.09. The largest absolute Gasteiger partial charge is 0.484 e. The van der Waals surface area contributed by atoms with Crippen molar-refractivity contribution in [3.63, 3.8) is 0 Å². The van der Waals surface area contributed by atoms with Crippen LogP contribution in [0.3, 0.4) is 0 Å². The van der Waals surface area contributed by atoms with Crippen LogP contribution >= 0.6 is 11.6 Å². The molecule has 0 N–H and O–H groups in total. The van der Waals surface area contributed by atoms with Gasteiger partial charge in [0.2, 0.25) is 5.89 Å². The van der Waals surface area contributed by atoms with Gasteiger partial charge < -0.3 is 9.15 Å². The predicted molar refractivity (Wildman–Crippen MR) is 89.6 cm³/mol. The Hall–Kier alpha value is -2.33. The van der Waals surface area contributed by atoms with Gasteiger partial charge in [-0.3, -0.25) is 0 Å². The Morgan fingerprint density at radius 2 is 1.91 bits per heavy atom. The minimum absolute atomic E-state index is 0.221. The van der Waals surface area contributed by atoms with E-state index < -0.39 is 0 Å². The monoisotopic (exact) mass is 328 g/mol. The molecule has 0 saturated carbocycles. The molecule has 3 rings (SSSR count). The summed E-state index contributed by atoms with van der Waals surface area (Å²) in [7, 11) is 0. The van der Waals surface area contributed by atoms with Crippen molar-refractivity contribution in [2.24, 2.45) is 0 Å². The fourth-order valence-electron chi connectivity index (χ4n) is 2.16. The summed E-state index contributed by atoms with van der Waals surface area (Å²) >= 11 is 6.13. The Bertz CT molecular complexity index is 799. The Balaban J connectivity index is 1.70. The quantitative estimate of drug-likeness (QED) is 0.654. The van der Waals surface area contributed by atoms with E-state index in [1.54, 1.807) is 6.07 Å². The molecule has 0 radical (unpaired) electrons. The van der Waals surface area contributed by atoms with Crippen molar-refractivity contribution in [3.05, 3.63) is 65.0 Å². The highest BCUT2D eigenvalue weighted by molar-refractivity contribution is 6.33. The summed E-state index contributed by atoms with van der Waals surface area (Å²) in [6, 6.07) is 15.4. The molecule has 23 heavy (non-hydrogen) atoms. The number of hydrogen-bond acceptors (Lipinski definition) is 4. The summed E-state index contributed by atoms with van der Waals surface area (Å²) in [6.45, 7) is 4.51. The van der Waals surface area contributed by atoms with Crippen LogP contribution in [-0.4, -0.2) is 10.2 Å². The van der Waals surface area contributed by atoms with Crippen molar-refractivity contribution in [2.45, 2.75) is 26.4 Å². The van der Waals surface area contributed by atoms with Gasteiger partial charge in [0.1, 0.15) is 5.75 Å². The first-order valence-corrected chi connectivity index (χ1v) is 7.81. The average Bonchev–Trinajstić information content (AvgIpc) is 3.02. The molecule has 2 aromatic carbocycles. The Labute approximate surface area is 140 Å². The summed E-state index contributed by atoms with van der Waals surface area (Å²) in [5.41, 5.74) is 1.94. The van der Waals surface area contributed by atoms with E-state index in [0.29, 0.717) is 22.7 Å². The van der Waals surface area contributed by atoms with E-state index in [2.05, 4.69) is 30.1 Å².